The van der Waals surface area contributed by atoms with Gasteiger partial charge in [0.05, 0.1) is 0 Å². The number of pyridine rings is 2. The van der Waals surface area contributed by atoms with Crippen LogP contribution in [0.3, 0.4) is 0 Å². The molecule has 3 aromatic heterocycles. The van der Waals surface area contributed by atoms with Crippen LogP contribution in [0.25, 0.3) is 16.9 Å². The number of fused-ring (bicyclic) bond motifs is 1. The van der Waals surface area contributed by atoms with E-state index < -0.39 is 0 Å². The average Bonchev–Trinajstić information content (AvgIpc) is 2.95. The van der Waals surface area contributed by atoms with Gasteiger partial charge in [0.2, 0.25) is 0 Å². The van der Waals surface area contributed by atoms with Crippen LogP contribution in [0, 0.1) is 0 Å². The Labute approximate surface area is 132 Å². The third-order valence-electron chi connectivity index (χ3n) is 3.37. The highest BCUT2D eigenvalue weighted by atomic mass is 32.2. The maximum atomic E-state index is 4.79. The number of aromatic nitrogens is 3. The molecule has 1 aromatic carbocycles. The van der Waals surface area contributed by atoms with Crippen molar-refractivity contribution in [3.63, 3.8) is 0 Å². The number of imidazole rings is 1. The van der Waals surface area contributed by atoms with Crippen molar-refractivity contribution in [3.8, 4) is 11.3 Å². The van der Waals surface area contributed by atoms with Gasteiger partial charge >= 0.3 is 0 Å². The molecule has 0 spiro atoms. The third kappa shape index (κ3) is 2.38. The fourth-order valence-electron chi connectivity index (χ4n) is 2.36. The maximum Gasteiger partial charge on any atom is 0.138 e. The van der Waals surface area contributed by atoms with Gasteiger partial charge in [-0.25, -0.2) is 9.97 Å². The van der Waals surface area contributed by atoms with E-state index in [0.717, 1.165) is 27.0 Å². The minimum Gasteiger partial charge on any atom is -0.294 e. The van der Waals surface area contributed by atoms with Crippen molar-refractivity contribution in [1.82, 2.24) is 14.4 Å². The zero-order chi connectivity index (χ0) is 14.8. The Morgan fingerprint density at radius 2 is 1.64 bits per heavy atom. The first kappa shape index (κ1) is 13.1. The lowest BCUT2D eigenvalue weighted by Gasteiger charge is -2.04. The highest BCUT2D eigenvalue weighted by Crippen LogP contribution is 2.35. The molecule has 0 N–H and O–H groups in total. The number of hydrogen-bond acceptors (Lipinski definition) is 3. The zero-order valence-corrected chi connectivity index (χ0v) is 12.6. The van der Waals surface area contributed by atoms with Crippen LogP contribution >= 0.6 is 11.8 Å². The highest BCUT2D eigenvalue weighted by Gasteiger charge is 2.15. The normalized spacial score (nSPS) is 10.9. The molecule has 4 heteroatoms. The molecule has 0 unspecified atom stereocenters. The summed E-state index contributed by atoms with van der Waals surface area (Å²) in [7, 11) is 0. The lowest BCUT2D eigenvalue weighted by Crippen LogP contribution is -1.87. The van der Waals surface area contributed by atoms with Gasteiger partial charge in [0, 0.05) is 18.0 Å². The van der Waals surface area contributed by atoms with E-state index in [0.29, 0.717) is 0 Å². The monoisotopic (exact) mass is 303 g/mol. The van der Waals surface area contributed by atoms with Gasteiger partial charge in [-0.15, -0.1) is 0 Å². The van der Waals surface area contributed by atoms with Crippen molar-refractivity contribution < 1.29 is 0 Å². The van der Waals surface area contributed by atoms with Crippen LogP contribution < -0.4 is 0 Å². The molecule has 3 heterocycles. The predicted octanol–water partition coefficient (Wildman–Crippen LogP) is 4.55. The minimum atomic E-state index is 0.944. The van der Waals surface area contributed by atoms with Gasteiger partial charge in [-0.1, -0.05) is 42.5 Å². The standard InChI is InChI=1S/C18H13N3S/c1-2-8-14(9-3-1)17-18(22-16-11-4-6-12-19-16)21-13-7-5-10-15(21)20-17/h1-13H. The van der Waals surface area contributed by atoms with E-state index in [1.807, 2.05) is 67.0 Å². The van der Waals surface area contributed by atoms with Crippen LogP contribution in [0.2, 0.25) is 0 Å². The Morgan fingerprint density at radius 1 is 0.818 bits per heavy atom. The smallest absolute Gasteiger partial charge is 0.138 e. The van der Waals surface area contributed by atoms with E-state index in [-0.39, 0.29) is 0 Å². The van der Waals surface area contributed by atoms with Gasteiger partial charge in [0.25, 0.3) is 0 Å². The zero-order valence-electron chi connectivity index (χ0n) is 11.8. The summed E-state index contributed by atoms with van der Waals surface area (Å²) in [6, 6.07) is 22.3. The topological polar surface area (TPSA) is 30.2 Å². The predicted molar refractivity (Wildman–Crippen MR) is 89.0 cm³/mol. The number of rotatable bonds is 3. The number of hydrogen-bond donors (Lipinski definition) is 0. The van der Waals surface area contributed by atoms with Crippen molar-refractivity contribution in [2.45, 2.75) is 10.1 Å². The summed E-state index contributed by atoms with van der Waals surface area (Å²) in [4.78, 5) is 9.21. The van der Waals surface area contributed by atoms with Crippen LogP contribution in [0.5, 0.6) is 0 Å². The SMILES string of the molecule is c1ccc(-c2nc3ccccn3c2Sc2ccccn2)cc1. The molecule has 3 nitrogen and oxygen atoms in total. The second kappa shape index (κ2) is 5.66. The van der Waals surface area contributed by atoms with Crippen molar-refractivity contribution >= 4 is 17.4 Å². The molecule has 0 aliphatic heterocycles. The van der Waals surface area contributed by atoms with E-state index in [9.17, 15) is 0 Å². The Balaban J connectivity index is 1.91. The van der Waals surface area contributed by atoms with Crippen LogP contribution in [-0.4, -0.2) is 14.4 Å². The number of benzene rings is 1. The van der Waals surface area contributed by atoms with Crippen LogP contribution in [0.1, 0.15) is 0 Å². The van der Waals surface area contributed by atoms with Gasteiger partial charge in [-0.05, 0) is 36.0 Å². The van der Waals surface area contributed by atoms with E-state index >= 15 is 0 Å². The van der Waals surface area contributed by atoms with Crippen molar-refractivity contribution in [1.29, 1.82) is 0 Å². The van der Waals surface area contributed by atoms with Crippen molar-refractivity contribution in [2.24, 2.45) is 0 Å². The van der Waals surface area contributed by atoms with Gasteiger partial charge < -0.3 is 0 Å². The van der Waals surface area contributed by atoms with E-state index in [1.165, 1.54) is 0 Å². The Hall–Kier alpha value is -2.59. The molecule has 106 valence electrons. The molecular formula is C18H13N3S. The van der Waals surface area contributed by atoms with E-state index in [2.05, 4.69) is 21.5 Å². The molecule has 0 saturated carbocycles. The number of nitrogens with zero attached hydrogens (tertiary/aromatic N) is 3. The minimum absolute atomic E-state index is 0.944. The highest BCUT2D eigenvalue weighted by molar-refractivity contribution is 7.99. The molecule has 0 atom stereocenters. The molecular weight excluding hydrogens is 290 g/mol. The second-order valence-corrected chi connectivity index (χ2v) is 5.84. The molecule has 22 heavy (non-hydrogen) atoms. The fraction of sp³-hybridized carbons (Fsp3) is 0. The molecule has 4 aromatic rings. The summed E-state index contributed by atoms with van der Waals surface area (Å²) in [5.41, 5.74) is 3.05. The second-order valence-electron chi connectivity index (χ2n) is 4.83. The molecule has 0 aliphatic carbocycles. The van der Waals surface area contributed by atoms with Gasteiger partial charge in [-0.2, -0.15) is 0 Å². The molecule has 0 saturated heterocycles. The Kier molecular flexibility index (Phi) is 3.37. The van der Waals surface area contributed by atoms with E-state index in [4.69, 9.17) is 4.98 Å². The van der Waals surface area contributed by atoms with Crippen molar-refractivity contribution in [3.05, 3.63) is 79.1 Å². The molecule has 4 rings (SSSR count). The first-order chi connectivity index (χ1) is 10.9. The largest absolute Gasteiger partial charge is 0.294 e. The van der Waals surface area contributed by atoms with Crippen molar-refractivity contribution in [2.75, 3.05) is 0 Å². The summed E-state index contributed by atoms with van der Waals surface area (Å²) in [5.74, 6) is 0. The summed E-state index contributed by atoms with van der Waals surface area (Å²) in [6.07, 6.45) is 3.85. The molecule has 0 aliphatic rings. The maximum absolute atomic E-state index is 4.79. The van der Waals surface area contributed by atoms with Crippen LogP contribution in [0.15, 0.2) is 89.2 Å². The lowest BCUT2D eigenvalue weighted by molar-refractivity contribution is 1.04. The Morgan fingerprint density at radius 3 is 2.45 bits per heavy atom. The first-order valence-corrected chi connectivity index (χ1v) is 7.85. The van der Waals surface area contributed by atoms with E-state index in [1.54, 1.807) is 11.8 Å². The first-order valence-electron chi connectivity index (χ1n) is 7.03. The molecule has 0 radical (unpaired) electrons. The summed E-state index contributed by atoms with van der Waals surface area (Å²) < 4.78 is 2.11. The summed E-state index contributed by atoms with van der Waals surface area (Å²) in [6.45, 7) is 0. The molecule has 0 bridgehead atoms. The van der Waals surface area contributed by atoms with Crippen LogP contribution in [0.4, 0.5) is 0 Å². The summed E-state index contributed by atoms with van der Waals surface area (Å²) in [5, 5.41) is 2.05. The molecule has 0 fully saturated rings. The van der Waals surface area contributed by atoms with Gasteiger partial charge in [-0.3, -0.25) is 4.40 Å². The third-order valence-corrected chi connectivity index (χ3v) is 4.41. The molecule has 0 amide bonds. The summed E-state index contributed by atoms with van der Waals surface area (Å²) >= 11 is 1.63. The van der Waals surface area contributed by atoms with Crippen LogP contribution in [-0.2, 0) is 0 Å². The average molecular weight is 303 g/mol. The van der Waals surface area contributed by atoms with Gasteiger partial charge in [0.1, 0.15) is 21.4 Å². The lowest BCUT2D eigenvalue weighted by atomic mass is 10.2. The Bertz CT molecular complexity index is 901. The van der Waals surface area contributed by atoms with Gasteiger partial charge in [0.15, 0.2) is 0 Å². The fourth-order valence-corrected chi connectivity index (χ4v) is 3.33. The quantitative estimate of drug-likeness (QED) is 0.556.